The number of piperidine rings is 1. The number of nitrogens with one attached hydrogen (secondary N) is 2. The number of hydrogen-bond acceptors (Lipinski definition) is 4. The SMILES string of the molecule is CN1CCCC(C(=O)Nc2ccccc2C(=O)NCc2ccco2)C1. The van der Waals surface area contributed by atoms with E-state index in [0.29, 0.717) is 23.6 Å². The largest absolute Gasteiger partial charge is 0.467 e. The summed E-state index contributed by atoms with van der Waals surface area (Å²) in [6.45, 7) is 2.08. The molecular formula is C19H23N3O3. The number of likely N-dealkylation sites (tertiary alicyclic amines) is 1. The van der Waals surface area contributed by atoms with Crippen LogP contribution in [0.25, 0.3) is 0 Å². The minimum atomic E-state index is -0.243. The Kier molecular flexibility index (Phi) is 5.50. The predicted molar refractivity (Wildman–Crippen MR) is 95.2 cm³/mol. The molecule has 0 radical (unpaired) electrons. The second-order valence-corrected chi connectivity index (χ2v) is 6.40. The summed E-state index contributed by atoms with van der Waals surface area (Å²) in [5, 5.41) is 5.73. The molecule has 0 spiro atoms. The van der Waals surface area contributed by atoms with E-state index in [9.17, 15) is 9.59 Å². The first-order chi connectivity index (χ1) is 12.1. The molecule has 0 saturated carbocycles. The van der Waals surface area contributed by atoms with Gasteiger partial charge in [0.05, 0.1) is 30.0 Å². The number of carbonyl (C=O) groups excluding carboxylic acids is 2. The average Bonchev–Trinajstić information content (AvgIpc) is 3.13. The molecule has 1 saturated heterocycles. The van der Waals surface area contributed by atoms with Gasteiger partial charge in [-0.2, -0.15) is 0 Å². The number of anilines is 1. The van der Waals surface area contributed by atoms with Crippen LogP contribution < -0.4 is 10.6 Å². The molecule has 1 fully saturated rings. The number of nitrogens with zero attached hydrogens (tertiary/aromatic N) is 1. The second kappa shape index (κ2) is 7.98. The summed E-state index contributed by atoms with van der Waals surface area (Å²) >= 11 is 0. The quantitative estimate of drug-likeness (QED) is 0.876. The highest BCUT2D eigenvalue weighted by Crippen LogP contribution is 2.20. The van der Waals surface area contributed by atoms with Crippen molar-refractivity contribution >= 4 is 17.5 Å². The van der Waals surface area contributed by atoms with E-state index in [1.807, 2.05) is 13.1 Å². The minimum absolute atomic E-state index is 0.0298. The highest BCUT2D eigenvalue weighted by Gasteiger charge is 2.25. The van der Waals surface area contributed by atoms with Crippen LogP contribution >= 0.6 is 0 Å². The van der Waals surface area contributed by atoms with Crippen LogP contribution in [-0.4, -0.2) is 36.9 Å². The molecule has 2 amide bonds. The Hall–Kier alpha value is -2.60. The Bertz CT molecular complexity index is 727. The molecular weight excluding hydrogens is 318 g/mol. The first-order valence-electron chi connectivity index (χ1n) is 8.52. The third-order valence-corrected chi connectivity index (χ3v) is 4.43. The van der Waals surface area contributed by atoms with Gasteiger partial charge in [0.1, 0.15) is 5.76 Å². The van der Waals surface area contributed by atoms with Crippen molar-refractivity contribution < 1.29 is 14.0 Å². The molecule has 1 aromatic carbocycles. The van der Waals surface area contributed by atoms with Gasteiger partial charge in [-0.3, -0.25) is 9.59 Å². The molecule has 2 aromatic rings. The standard InChI is InChI=1S/C19H23N3O3/c1-22-10-4-6-14(13-22)18(23)21-17-9-3-2-8-16(17)19(24)20-12-15-7-5-11-25-15/h2-3,5,7-9,11,14H,4,6,10,12-13H2,1H3,(H,20,24)(H,21,23). The fourth-order valence-electron chi connectivity index (χ4n) is 3.08. The number of para-hydroxylation sites is 1. The summed E-state index contributed by atoms with van der Waals surface area (Å²) in [4.78, 5) is 27.2. The second-order valence-electron chi connectivity index (χ2n) is 6.40. The van der Waals surface area contributed by atoms with E-state index in [-0.39, 0.29) is 17.7 Å². The fourth-order valence-corrected chi connectivity index (χ4v) is 3.08. The molecule has 132 valence electrons. The topological polar surface area (TPSA) is 74.6 Å². The first-order valence-corrected chi connectivity index (χ1v) is 8.52. The summed E-state index contributed by atoms with van der Waals surface area (Å²) in [7, 11) is 2.02. The van der Waals surface area contributed by atoms with Gasteiger partial charge in [-0.1, -0.05) is 12.1 Å². The van der Waals surface area contributed by atoms with Crippen LogP contribution in [0.4, 0.5) is 5.69 Å². The predicted octanol–water partition coefficient (Wildman–Crippen LogP) is 2.49. The van der Waals surface area contributed by atoms with Crippen molar-refractivity contribution in [3.8, 4) is 0 Å². The van der Waals surface area contributed by atoms with Gasteiger partial charge in [0, 0.05) is 6.54 Å². The van der Waals surface area contributed by atoms with Crippen molar-refractivity contribution in [2.75, 3.05) is 25.5 Å². The molecule has 3 rings (SSSR count). The zero-order valence-corrected chi connectivity index (χ0v) is 14.3. The summed E-state index contributed by atoms with van der Waals surface area (Å²) in [5.41, 5.74) is 0.990. The van der Waals surface area contributed by atoms with Crippen molar-refractivity contribution in [2.45, 2.75) is 19.4 Å². The third-order valence-electron chi connectivity index (χ3n) is 4.43. The summed E-state index contributed by atoms with van der Waals surface area (Å²) in [6, 6.07) is 10.6. The van der Waals surface area contributed by atoms with Crippen LogP contribution in [0.2, 0.25) is 0 Å². The van der Waals surface area contributed by atoms with Crippen molar-refractivity contribution in [3.63, 3.8) is 0 Å². The molecule has 6 nitrogen and oxygen atoms in total. The number of hydrogen-bond donors (Lipinski definition) is 2. The Morgan fingerprint density at radius 2 is 2.08 bits per heavy atom. The first kappa shape index (κ1) is 17.2. The molecule has 6 heteroatoms. The van der Waals surface area contributed by atoms with Crippen molar-refractivity contribution in [1.29, 1.82) is 0 Å². The molecule has 1 aliphatic heterocycles. The highest BCUT2D eigenvalue weighted by molar-refractivity contribution is 6.04. The van der Waals surface area contributed by atoms with E-state index >= 15 is 0 Å². The summed E-state index contributed by atoms with van der Waals surface area (Å²) in [5.74, 6) is 0.365. The minimum Gasteiger partial charge on any atom is -0.467 e. The molecule has 1 aliphatic rings. The van der Waals surface area contributed by atoms with Gasteiger partial charge in [-0.05, 0) is 50.7 Å². The summed E-state index contributed by atoms with van der Waals surface area (Å²) < 4.78 is 5.21. The maximum atomic E-state index is 12.5. The number of carbonyl (C=O) groups is 2. The lowest BCUT2D eigenvalue weighted by Crippen LogP contribution is -2.38. The van der Waals surface area contributed by atoms with Crippen LogP contribution in [0.15, 0.2) is 47.1 Å². The Balaban J connectivity index is 1.65. The van der Waals surface area contributed by atoms with E-state index in [0.717, 1.165) is 25.9 Å². The van der Waals surface area contributed by atoms with Crippen LogP contribution in [0.5, 0.6) is 0 Å². The van der Waals surface area contributed by atoms with Gasteiger partial charge >= 0.3 is 0 Å². The van der Waals surface area contributed by atoms with E-state index in [2.05, 4.69) is 15.5 Å². The zero-order valence-electron chi connectivity index (χ0n) is 14.3. The molecule has 1 aromatic heterocycles. The van der Waals surface area contributed by atoms with Gasteiger partial charge in [0.15, 0.2) is 0 Å². The molecule has 25 heavy (non-hydrogen) atoms. The molecule has 1 atom stereocenters. The Morgan fingerprint density at radius 3 is 2.84 bits per heavy atom. The van der Waals surface area contributed by atoms with Gasteiger partial charge in [0.25, 0.3) is 5.91 Å². The number of rotatable bonds is 5. The number of amides is 2. The van der Waals surface area contributed by atoms with Gasteiger partial charge < -0.3 is 20.0 Å². The Morgan fingerprint density at radius 1 is 1.24 bits per heavy atom. The molecule has 0 bridgehead atoms. The Labute approximate surface area is 147 Å². The molecule has 2 N–H and O–H groups in total. The smallest absolute Gasteiger partial charge is 0.253 e. The maximum Gasteiger partial charge on any atom is 0.253 e. The molecule has 2 heterocycles. The summed E-state index contributed by atoms with van der Waals surface area (Å²) in [6.07, 6.45) is 3.46. The lowest BCUT2D eigenvalue weighted by Gasteiger charge is -2.28. The van der Waals surface area contributed by atoms with Crippen LogP contribution in [-0.2, 0) is 11.3 Å². The highest BCUT2D eigenvalue weighted by atomic mass is 16.3. The van der Waals surface area contributed by atoms with Gasteiger partial charge in [-0.15, -0.1) is 0 Å². The van der Waals surface area contributed by atoms with E-state index in [1.54, 1.807) is 36.6 Å². The van der Waals surface area contributed by atoms with E-state index < -0.39 is 0 Å². The normalized spacial score (nSPS) is 17.9. The third kappa shape index (κ3) is 4.48. The molecule has 0 aliphatic carbocycles. The van der Waals surface area contributed by atoms with E-state index in [1.165, 1.54) is 0 Å². The average molecular weight is 341 g/mol. The van der Waals surface area contributed by atoms with Crippen LogP contribution in [0, 0.1) is 5.92 Å². The van der Waals surface area contributed by atoms with Crippen molar-refractivity contribution in [2.24, 2.45) is 5.92 Å². The number of benzene rings is 1. The lowest BCUT2D eigenvalue weighted by atomic mass is 9.97. The zero-order chi connectivity index (χ0) is 17.6. The fraction of sp³-hybridized carbons (Fsp3) is 0.368. The maximum absolute atomic E-state index is 12.5. The lowest BCUT2D eigenvalue weighted by molar-refractivity contribution is -0.121. The van der Waals surface area contributed by atoms with Crippen LogP contribution in [0.3, 0.4) is 0 Å². The monoisotopic (exact) mass is 341 g/mol. The van der Waals surface area contributed by atoms with Crippen molar-refractivity contribution in [3.05, 3.63) is 54.0 Å². The van der Waals surface area contributed by atoms with Crippen molar-refractivity contribution in [1.82, 2.24) is 10.2 Å². The number of furan rings is 1. The van der Waals surface area contributed by atoms with Gasteiger partial charge in [-0.25, -0.2) is 0 Å². The van der Waals surface area contributed by atoms with Crippen LogP contribution in [0.1, 0.15) is 29.0 Å². The van der Waals surface area contributed by atoms with E-state index in [4.69, 9.17) is 4.42 Å². The molecule has 1 unspecified atom stereocenters. The van der Waals surface area contributed by atoms with Gasteiger partial charge in [0.2, 0.25) is 5.91 Å².